The first-order valence-corrected chi connectivity index (χ1v) is 7.25. The normalized spacial score (nSPS) is 11.0. The number of ether oxygens (including phenoxy) is 3. The quantitative estimate of drug-likeness (QED) is 0.439. The third-order valence-corrected chi connectivity index (χ3v) is 2.81. The van der Waals surface area contributed by atoms with Gasteiger partial charge in [-0.25, -0.2) is 0 Å². The first kappa shape index (κ1) is 18.0. The number of aldehydes is 1. The maximum absolute atomic E-state index is 11.6. The van der Waals surface area contributed by atoms with Crippen molar-refractivity contribution in [1.82, 2.24) is 0 Å². The lowest BCUT2D eigenvalue weighted by atomic mass is 10.1. The molecule has 0 saturated carbocycles. The van der Waals surface area contributed by atoms with Gasteiger partial charge in [0.15, 0.2) is 11.5 Å². The van der Waals surface area contributed by atoms with E-state index in [-0.39, 0.29) is 5.97 Å². The highest BCUT2D eigenvalue weighted by Crippen LogP contribution is 2.32. The van der Waals surface area contributed by atoms with Crippen molar-refractivity contribution in [3.05, 3.63) is 23.3 Å². The van der Waals surface area contributed by atoms with Gasteiger partial charge in [0.05, 0.1) is 13.7 Å². The lowest BCUT2D eigenvalue weighted by molar-refractivity contribution is -0.155. The molecule has 1 aromatic rings. The minimum atomic E-state index is -0.470. The third-order valence-electron chi connectivity index (χ3n) is 2.81. The number of hydrogen-bond donors (Lipinski definition) is 0. The summed E-state index contributed by atoms with van der Waals surface area (Å²) in [4.78, 5) is 22.4. The number of carbonyl (C=O) groups is 2. The maximum atomic E-state index is 11.6. The van der Waals surface area contributed by atoms with E-state index in [2.05, 4.69) is 0 Å². The Hall–Kier alpha value is -2.04. The monoisotopic (exact) mass is 308 g/mol. The van der Waals surface area contributed by atoms with Crippen LogP contribution in [0.5, 0.6) is 11.5 Å². The standard InChI is InChI=1S/C17H24O5/c1-12-9-13(11-18)10-14(20-5)16(12)21-8-6-7-15(19)22-17(2,3)4/h9-11H,6-8H2,1-5H3. The smallest absolute Gasteiger partial charge is 0.306 e. The summed E-state index contributed by atoms with van der Waals surface area (Å²) in [6.45, 7) is 7.73. The Morgan fingerprint density at radius 1 is 1.27 bits per heavy atom. The average molecular weight is 308 g/mol. The van der Waals surface area contributed by atoms with Crippen LogP contribution in [0.4, 0.5) is 0 Å². The minimum Gasteiger partial charge on any atom is -0.493 e. The number of esters is 1. The van der Waals surface area contributed by atoms with Crippen LogP contribution in [-0.2, 0) is 9.53 Å². The molecule has 0 spiro atoms. The van der Waals surface area contributed by atoms with E-state index in [0.29, 0.717) is 36.5 Å². The fourth-order valence-electron chi connectivity index (χ4n) is 1.96. The molecule has 0 unspecified atom stereocenters. The molecule has 0 N–H and O–H groups in total. The SMILES string of the molecule is COc1cc(C=O)cc(C)c1OCCCC(=O)OC(C)(C)C. The minimum absolute atomic E-state index is 0.240. The van der Waals surface area contributed by atoms with Crippen LogP contribution in [0.1, 0.15) is 49.5 Å². The van der Waals surface area contributed by atoms with Gasteiger partial charge in [-0.15, -0.1) is 0 Å². The fraction of sp³-hybridized carbons (Fsp3) is 0.529. The zero-order chi connectivity index (χ0) is 16.8. The summed E-state index contributed by atoms with van der Waals surface area (Å²) in [5, 5.41) is 0. The summed E-state index contributed by atoms with van der Waals surface area (Å²) in [5.41, 5.74) is 0.886. The first-order valence-electron chi connectivity index (χ1n) is 7.25. The highest BCUT2D eigenvalue weighted by Gasteiger charge is 2.16. The number of methoxy groups -OCH3 is 1. The van der Waals surface area contributed by atoms with E-state index in [1.165, 1.54) is 7.11 Å². The molecule has 0 bridgehead atoms. The van der Waals surface area contributed by atoms with Gasteiger partial charge in [0.25, 0.3) is 0 Å². The summed E-state index contributed by atoms with van der Waals surface area (Å²) in [5.74, 6) is 0.868. The van der Waals surface area contributed by atoms with Crippen molar-refractivity contribution in [2.24, 2.45) is 0 Å². The van der Waals surface area contributed by atoms with Crippen LogP contribution in [0.25, 0.3) is 0 Å². The van der Waals surface area contributed by atoms with Gasteiger partial charge in [-0.1, -0.05) is 0 Å². The average Bonchev–Trinajstić information content (AvgIpc) is 2.42. The molecular weight excluding hydrogens is 284 g/mol. The molecule has 0 fully saturated rings. The molecule has 0 heterocycles. The highest BCUT2D eigenvalue weighted by molar-refractivity contribution is 5.77. The van der Waals surface area contributed by atoms with Crippen LogP contribution < -0.4 is 9.47 Å². The molecule has 0 aliphatic heterocycles. The summed E-state index contributed by atoms with van der Waals surface area (Å²) < 4.78 is 16.2. The Kier molecular flexibility index (Phi) is 6.40. The zero-order valence-corrected chi connectivity index (χ0v) is 13.9. The van der Waals surface area contributed by atoms with Gasteiger partial charge >= 0.3 is 5.97 Å². The lowest BCUT2D eigenvalue weighted by Gasteiger charge is -2.19. The molecule has 5 heteroatoms. The Bertz CT molecular complexity index is 529. The Labute approximate surface area is 131 Å². The van der Waals surface area contributed by atoms with E-state index < -0.39 is 5.60 Å². The van der Waals surface area contributed by atoms with E-state index in [1.807, 2.05) is 27.7 Å². The predicted octanol–water partition coefficient (Wildman–Crippen LogP) is 3.32. The van der Waals surface area contributed by atoms with Crippen molar-refractivity contribution in [2.75, 3.05) is 13.7 Å². The van der Waals surface area contributed by atoms with E-state index >= 15 is 0 Å². The summed E-state index contributed by atoms with van der Waals surface area (Å²) in [6, 6.07) is 3.36. The first-order chi connectivity index (χ1) is 10.3. The molecule has 0 aliphatic rings. The van der Waals surface area contributed by atoms with Gasteiger partial charge in [-0.05, 0) is 51.8 Å². The van der Waals surface area contributed by atoms with Crippen LogP contribution in [0.15, 0.2) is 12.1 Å². The van der Waals surface area contributed by atoms with Gasteiger partial charge in [-0.3, -0.25) is 9.59 Å². The van der Waals surface area contributed by atoms with E-state index in [1.54, 1.807) is 12.1 Å². The number of hydrogen-bond acceptors (Lipinski definition) is 5. The topological polar surface area (TPSA) is 61.8 Å². The molecule has 5 nitrogen and oxygen atoms in total. The van der Waals surface area contributed by atoms with Gasteiger partial charge in [0, 0.05) is 12.0 Å². The molecule has 1 rings (SSSR count). The molecule has 0 amide bonds. The van der Waals surface area contributed by atoms with Gasteiger partial charge in [-0.2, -0.15) is 0 Å². The zero-order valence-electron chi connectivity index (χ0n) is 13.9. The van der Waals surface area contributed by atoms with Crippen LogP contribution in [-0.4, -0.2) is 31.6 Å². The molecule has 22 heavy (non-hydrogen) atoms. The lowest BCUT2D eigenvalue weighted by Crippen LogP contribution is -2.24. The highest BCUT2D eigenvalue weighted by atomic mass is 16.6. The van der Waals surface area contributed by atoms with E-state index in [9.17, 15) is 9.59 Å². The molecule has 0 atom stereocenters. The second-order valence-corrected chi connectivity index (χ2v) is 6.03. The third kappa shape index (κ3) is 5.76. The fourth-order valence-corrected chi connectivity index (χ4v) is 1.96. The van der Waals surface area contributed by atoms with Crippen molar-refractivity contribution < 1.29 is 23.8 Å². The van der Waals surface area contributed by atoms with E-state index in [0.717, 1.165) is 11.8 Å². The van der Waals surface area contributed by atoms with Crippen LogP contribution in [0.3, 0.4) is 0 Å². The van der Waals surface area contributed by atoms with Gasteiger partial charge in [0.1, 0.15) is 11.9 Å². The molecular formula is C17H24O5. The molecule has 122 valence electrons. The molecule has 0 radical (unpaired) electrons. The van der Waals surface area contributed by atoms with Crippen molar-refractivity contribution >= 4 is 12.3 Å². The van der Waals surface area contributed by atoms with Crippen LogP contribution in [0, 0.1) is 6.92 Å². The second kappa shape index (κ2) is 7.82. The van der Waals surface area contributed by atoms with Crippen LogP contribution >= 0.6 is 0 Å². The predicted molar refractivity (Wildman–Crippen MR) is 83.7 cm³/mol. The van der Waals surface area contributed by atoms with E-state index in [4.69, 9.17) is 14.2 Å². The van der Waals surface area contributed by atoms with Gasteiger partial charge in [0.2, 0.25) is 0 Å². The van der Waals surface area contributed by atoms with Crippen molar-refractivity contribution in [3.8, 4) is 11.5 Å². The van der Waals surface area contributed by atoms with Crippen molar-refractivity contribution in [1.29, 1.82) is 0 Å². The summed E-state index contributed by atoms with van der Waals surface area (Å²) >= 11 is 0. The Morgan fingerprint density at radius 3 is 2.50 bits per heavy atom. The number of carbonyl (C=O) groups excluding carboxylic acids is 2. The number of rotatable bonds is 7. The number of benzene rings is 1. The maximum Gasteiger partial charge on any atom is 0.306 e. The van der Waals surface area contributed by atoms with Crippen LogP contribution in [0.2, 0.25) is 0 Å². The molecule has 0 aromatic heterocycles. The second-order valence-electron chi connectivity index (χ2n) is 6.03. The summed E-state index contributed by atoms with van der Waals surface area (Å²) in [6.07, 6.45) is 1.61. The summed E-state index contributed by atoms with van der Waals surface area (Å²) in [7, 11) is 1.52. The van der Waals surface area contributed by atoms with Crippen molar-refractivity contribution in [2.45, 2.75) is 46.1 Å². The Balaban J connectivity index is 2.55. The molecule has 1 aromatic carbocycles. The van der Waals surface area contributed by atoms with Gasteiger partial charge < -0.3 is 14.2 Å². The number of aryl methyl sites for hydroxylation is 1. The largest absolute Gasteiger partial charge is 0.493 e. The van der Waals surface area contributed by atoms with Crippen molar-refractivity contribution in [3.63, 3.8) is 0 Å². The molecule has 0 aliphatic carbocycles. The molecule has 0 saturated heterocycles. The Morgan fingerprint density at radius 2 is 1.95 bits per heavy atom.